The molecule has 1 atom stereocenters. The number of hydrogen-bond acceptors (Lipinski definition) is 9. The second-order valence-electron chi connectivity index (χ2n) is 13.9. The van der Waals surface area contributed by atoms with E-state index in [0.29, 0.717) is 37.2 Å². The lowest BCUT2D eigenvalue weighted by Gasteiger charge is -2.28. The van der Waals surface area contributed by atoms with Crippen molar-refractivity contribution < 1.29 is 23.9 Å². The van der Waals surface area contributed by atoms with E-state index in [0.717, 1.165) is 57.0 Å². The Kier molecular flexibility index (Phi) is 18.7. The number of nitrogens with one attached hydrogen (secondary N) is 4. The van der Waals surface area contributed by atoms with Crippen LogP contribution in [0.25, 0.3) is 44.2 Å². The Morgan fingerprint density at radius 3 is 1.88 bits per heavy atom. The zero-order chi connectivity index (χ0) is 42.8. The number of nitrogens with zero attached hydrogens (tertiary/aromatic N) is 5. The number of aromatic amines is 2. The summed E-state index contributed by atoms with van der Waals surface area (Å²) < 4.78 is 9.75. The highest BCUT2D eigenvalue weighted by Gasteiger charge is 2.29. The molecule has 4 N–H and O–H groups in total. The van der Waals surface area contributed by atoms with Crippen molar-refractivity contribution in [3.05, 3.63) is 79.1 Å². The summed E-state index contributed by atoms with van der Waals surface area (Å²) in [5.41, 5.74) is 4.37. The predicted molar refractivity (Wildman–Crippen MR) is 231 cm³/mol. The first-order chi connectivity index (χ1) is 28.0. The van der Waals surface area contributed by atoms with Crippen LogP contribution in [0, 0.1) is 5.92 Å². The van der Waals surface area contributed by atoms with Crippen LogP contribution in [0.4, 0.5) is 4.79 Å². The van der Waals surface area contributed by atoms with Crippen molar-refractivity contribution in [2.24, 2.45) is 5.92 Å². The summed E-state index contributed by atoms with van der Waals surface area (Å²) in [5.74, 6) is 1.29. The van der Waals surface area contributed by atoms with Crippen molar-refractivity contribution in [2.45, 2.75) is 93.8 Å². The lowest BCUT2D eigenvalue weighted by molar-refractivity contribution is -0.135. The van der Waals surface area contributed by atoms with E-state index in [1.165, 1.54) is 20.6 Å². The average molecular weight is 798 g/mol. The fourth-order valence-corrected chi connectivity index (χ4v) is 6.15. The first kappa shape index (κ1) is 46.5. The Bertz CT molecular complexity index is 2090. The topological polar surface area (TPSA) is 170 Å². The van der Waals surface area contributed by atoms with Crippen molar-refractivity contribution in [3.8, 4) is 22.5 Å². The van der Waals surface area contributed by atoms with E-state index in [2.05, 4.69) is 75.3 Å². The largest absolute Gasteiger partial charge is 0.483 e. The number of alkyl carbamates (subject to hydrolysis) is 1. The number of hydrogen-bond donors (Lipinski definition) is 4. The zero-order valence-corrected chi connectivity index (χ0v) is 36.0. The second kappa shape index (κ2) is 23.3. The van der Waals surface area contributed by atoms with Gasteiger partial charge in [-0.3, -0.25) is 14.6 Å². The molecule has 0 aliphatic heterocycles. The molecular weight excluding hydrogens is 735 g/mol. The van der Waals surface area contributed by atoms with Gasteiger partial charge >= 0.3 is 6.09 Å². The molecule has 0 radical (unpaired) electrons. The van der Waals surface area contributed by atoms with Crippen molar-refractivity contribution in [1.29, 1.82) is 0 Å². The summed E-state index contributed by atoms with van der Waals surface area (Å²) in [6.07, 6.45) is 7.59. The summed E-state index contributed by atoms with van der Waals surface area (Å²) in [6.45, 7) is 21.6. The number of carbonyl (C=O) groups excluding carboxylic acids is 3. The lowest BCUT2D eigenvalue weighted by Crippen LogP contribution is -2.51. The molecule has 14 nitrogen and oxygen atoms in total. The number of methoxy groups -OCH3 is 2. The summed E-state index contributed by atoms with van der Waals surface area (Å²) in [6, 6.07) is 11.6. The van der Waals surface area contributed by atoms with E-state index in [4.69, 9.17) is 14.5 Å². The van der Waals surface area contributed by atoms with Crippen LogP contribution in [0.15, 0.2) is 67.5 Å². The summed E-state index contributed by atoms with van der Waals surface area (Å²) >= 11 is 0. The van der Waals surface area contributed by atoms with Crippen molar-refractivity contribution in [3.63, 3.8) is 0 Å². The maximum atomic E-state index is 13.5. The molecule has 3 heterocycles. The number of ether oxygens (including phenoxy) is 2. The first-order valence-corrected chi connectivity index (χ1v) is 20.2. The average Bonchev–Trinajstić information content (AvgIpc) is 3.91. The SMILES string of the molecule is C=C(NCC(=O)N(CCC)Cc1ncc(-c2ccc3c(cnc4cc(-c5cnc(CN(CCC)C(=O)C(NC(=O)OC)C(C)C)[nH]5)ccc43)c2)[nH]1)OC.CC.CCC. The Labute approximate surface area is 343 Å². The van der Waals surface area contributed by atoms with Gasteiger partial charge in [-0.05, 0) is 42.9 Å². The number of pyridine rings is 1. The summed E-state index contributed by atoms with van der Waals surface area (Å²) in [7, 11) is 2.78. The third kappa shape index (κ3) is 12.5. The second-order valence-corrected chi connectivity index (χ2v) is 13.9. The quantitative estimate of drug-likeness (QED) is 0.0535. The number of amides is 3. The van der Waals surface area contributed by atoms with Gasteiger partial charge < -0.3 is 39.9 Å². The van der Waals surface area contributed by atoms with E-state index < -0.39 is 12.1 Å². The van der Waals surface area contributed by atoms with E-state index in [1.807, 2.05) is 59.9 Å². The number of imidazole rings is 2. The molecule has 1 unspecified atom stereocenters. The maximum Gasteiger partial charge on any atom is 0.407 e. The predicted octanol–water partition coefficient (Wildman–Crippen LogP) is 8.18. The van der Waals surface area contributed by atoms with Gasteiger partial charge in [0, 0.05) is 41.2 Å². The highest BCUT2D eigenvalue weighted by atomic mass is 16.5. The van der Waals surface area contributed by atoms with E-state index in [9.17, 15) is 14.4 Å². The molecule has 3 amide bonds. The van der Waals surface area contributed by atoms with Crippen molar-refractivity contribution in [2.75, 3.05) is 33.9 Å². The van der Waals surface area contributed by atoms with E-state index in [1.54, 1.807) is 22.2 Å². The standard InChI is InChI=1S/C39H49N9O5.C3H8.C2H6/c1-8-14-47(36(49)21-40-25(5)52-6)22-34-42-19-32(44-34)26-10-12-29-28(16-26)18-41-31-17-27(11-13-30(29)31)33-20-43-35(45-33)23-48(15-9-2)38(50)37(24(3)4)46-39(51)53-7;1-3-2;1-2/h10-13,16-20,24,37,40H,5,8-9,14-15,21-23H2,1-4,6-7H3,(H,42,44)(H,43,45)(H,46,51);3H2,1-2H3;1-2H3. The Hall–Kier alpha value is -5.92. The van der Waals surface area contributed by atoms with E-state index in [-0.39, 0.29) is 30.8 Å². The number of fused-ring (bicyclic) bond motifs is 3. The minimum absolute atomic E-state index is 0.0699. The summed E-state index contributed by atoms with van der Waals surface area (Å²) in [4.78, 5) is 62.4. The molecule has 14 heteroatoms. The van der Waals surface area contributed by atoms with Crippen LogP contribution in [0.3, 0.4) is 0 Å². The smallest absolute Gasteiger partial charge is 0.407 e. The highest BCUT2D eigenvalue weighted by Crippen LogP contribution is 2.30. The monoisotopic (exact) mass is 797 g/mol. The third-order valence-electron chi connectivity index (χ3n) is 8.97. The lowest BCUT2D eigenvalue weighted by atomic mass is 10.0. The Morgan fingerprint density at radius 1 is 0.776 bits per heavy atom. The van der Waals surface area contributed by atoms with Crippen molar-refractivity contribution >= 4 is 39.6 Å². The molecule has 0 aliphatic rings. The number of carbonyl (C=O) groups is 3. The molecule has 5 rings (SSSR count). The van der Waals surface area contributed by atoms with Crippen LogP contribution in [-0.2, 0) is 32.2 Å². The van der Waals surface area contributed by atoms with Crippen LogP contribution in [0.2, 0.25) is 0 Å². The van der Waals surface area contributed by atoms with Gasteiger partial charge in [0.2, 0.25) is 11.8 Å². The maximum absolute atomic E-state index is 13.5. The minimum Gasteiger partial charge on any atom is -0.483 e. The van der Waals surface area contributed by atoms with Gasteiger partial charge in [-0.25, -0.2) is 14.8 Å². The normalized spacial score (nSPS) is 11.2. The van der Waals surface area contributed by atoms with Crippen LogP contribution in [-0.4, -0.2) is 92.5 Å². The van der Waals surface area contributed by atoms with Gasteiger partial charge in [0.25, 0.3) is 0 Å². The van der Waals surface area contributed by atoms with Gasteiger partial charge in [-0.2, -0.15) is 0 Å². The van der Waals surface area contributed by atoms with Crippen molar-refractivity contribution in [1.82, 2.24) is 45.4 Å². The molecule has 2 aromatic carbocycles. The van der Waals surface area contributed by atoms with Gasteiger partial charge in [-0.1, -0.05) is 86.1 Å². The number of aromatic nitrogens is 5. The number of H-pyrrole nitrogens is 2. The Balaban J connectivity index is 0.00000172. The van der Waals surface area contributed by atoms with Crippen LogP contribution < -0.4 is 10.6 Å². The van der Waals surface area contributed by atoms with Crippen LogP contribution in [0.1, 0.15) is 86.3 Å². The Morgan fingerprint density at radius 2 is 1.33 bits per heavy atom. The molecule has 0 spiro atoms. The fraction of sp³-hybridized carbons (Fsp3) is 0.455. The molecule has 58 heavy (non-hydrogen) atoms. The first-order valence-electron chi connectivity index (χ1n) is 20.2. The molecule has 0 fully saturated rings. The van der Waals surface area contributed by atoms with E-state index >= 15 is 0 Å². The van der Waals surface area contributed by atoms with Gasteiger partial charge in [0.15, 0.2) is 5.88 Å². The molecule has 0 aliphatic carbocycles. The van der Waals surface area contributed by atoms with Gasteiger partial charge in [-0.15, -0.1) is 0 Å². The van der Waals surface area contributed by atoms with Gasteiger partial charge in [0.05, 0.1) is 63.2 Å². The minimum atomic E-state index is -0.715. The van der Waals surface area contributed by atoms with Crippen LogP contribution in [0.5, 0.6) is 0 Å². The molecule has 314 valence electrons. The summed E-state index contributed by atoms with van der Waals surface area (Å²) in [5, 5.41) is 8.61. The highest BCUT2D eigenvalue weighted by molar-refractivity contribution is 6.07. The molecule has 0 saturated heterocycles. The number of rotatable bonds is 17. The van der Waals surface area contributed by atoms with Crippen LogP contribution >= 0.6 is 0 Å². The fourth-order valence-electron chi connectivity index (χ4n) is 6.15. The molecule has 0 bridgehead atoms. The third-order valence-corrected chi connectivity index (χ3v) is 8.97. The molecular formula is C44H63N9O5. The molecule has 5 aromatic rings. The van der Waals surface area contributed by atoms with Gasteiger partial charge in [0.1, 0.15) is 17.7 Å². The number of benzene rings is 2. The molecule has 3 aromatic heterocycles. The molecule has 0 saturated carbocycles. The zero-order valence-electron chi connectivity index (χ0n) is 36.0.